The highest BCUT2D eigenvalue weighted by Crippen LogP contribution is 2.47. The summed E-state index contributed by atoms with van der Waals surface area (Å²) < 4.78 is 14.1. The van der Waals surface area contributed by atoms with Gasteiger partial charge >= 0.3 is 0 Å². The Kier molecular flexibility index (Phi) is 2.46. The van der Waals surface area contributed by atoms with Crippen LogP contribution in [0.2, 0.25) is 10.0 Å². The Hall–Kier alpha value is -0.310. The average molecular weight is 234 g/mol. The van der Waals surface area contributed by atoms with Crippen molar-refractivity contribution < 1.29 is 4.39 Å². The standard InChI is InChI=1S/C10H10Cl2FN/c11-6-1-2-8(9(12)3-6)10(13)4-7(14)5-10/h1-3,7H,4-5,14H2. The van der Waals surface area contributed by atoms with E-state index in [2.05, 4.69) is 0 Å². The van der Waals surface area contributed by atoms with Crippen molar-refractivity contribution in [3.8, 4) is 0 Å². The van der Waals surface area contributed by atoms with Crippen molar-refractivity contribution >= 4 is 23.2 Å². The summed E-state index contributed by atoms with van der Waals surface area (Å²) in [6.07, 6.45) is 0.683. The third-order valence-electron chi connectivity index (χ3n) is 2.59. The lowest BCUT2D eigenvalue weighted by Crippen LogP contribution is -2.46. The van der Waals surface area contributed by atoms with Gasteiger partial charge in [-0.1, -0.05) is 29.3 Å². The van der Waals surface area contributed by atoms with Crippen molar-refractivity contribution in [3.63, 3.8) is 0 Å². The van der Waals surface area contributed by atoms with Crippen LogP contribution in [-0.2, 0) is 5.67 Å². The summed E-state index contributed by atoms with van der Waals surface area (Å²) in [4.78, 5) is 0. The van der Waals surface area contributed by atoms with Gasteiger partial charge in [0.2, 0.25) is 0 Å². The topological polar surface area (TPSA) is 26.0 Å². The number of halogens is 3. The molecule has 1 aromatic carbocycles. The van der Waals surface area contributed by atoms with Crippen LogP contribution in [0.3, 0.4) is 0 Å². The van der Waals surface area contributed by atoms with E-state index in [-0.39, 0.29) is 6.04 Å². The first-order valence-electron chi connectivity index (χ1n) is 4.41. The van der Waals surface area contributed by atoms with Gasteiger partial charge in [-0.05, 0) is 12.1 Å². The van der Waals surface area contributed by atoms with Gasteiger partial charge in [0.25, 0.3) is 0 Å². The molecule has 0 atom stereocenters. The van der Waals surface area contributed by atoms with Gasteiger partial charge in [-0.2, -0.15) is 0 Å². The number of benzene rings is 1. The molecule has 14 heavy (non-hydrogen) atoms. The second kappa shape index (κ2) is 3.37. The minimum Gasteiger partial charge on any atom is -0.327 e. The highest BCUT2D eigenvalue weighted by atomic mass is 35.5. The van der Waals surface area contributed by atoms with Gasteiger partial charge < -0.3 is 5.73 Å². The molecule has 0 saturated heterocycles. The van der Waals surface area contributed by atoms with Crippen molar-refractivity contribution in [2.45, 2.75) is 24.6 Å². The molecule has 1 nitrogen and oxygen atoms in total. The molecule has 76 valence electrons. The molecule has 0 aliphatic heterocycles. The number of hydrogen-bond acceptors (Lipinski definition) is 1. The zero-order valence-corrected chi connectivity index (χ0v) is 8.95. The van der Waals surface area contributed by atoms with E-state index in [0.717, 1.165) is 0 Å². The predicted octanol–water partition coefficient (Wildman–Crippen LogP) is 3.28. The van der Waals surface area contributed by atoms with Gasteiger partial charge in [0.05, 0.1) is 0 Å². The van der Waals surface area contributed by atoms with Crippen LogP contribution < -0.4 is 5.73 Å². The summed E-state index contributed by atoms with van der Waals surface area (Å²) in [5.74, 6) is 0. The molecular weight excluding hydrogens is 224 g/mol. The van der Waals surface area contributed by atoms with E-state index < -0.39 is 5.67 Å². The van der Waals surface area contributed by atoms with E-state index in [4.69, 9.17) is 28.9 Å². The van der Waals surface area contributed by atoms with Gasteiger partial charge in [-0.25, -0.2) is 4.39 Å². The summed E-state index contributed by atoms with van der Waals surface area (Å²) >= 11 is 11.6. The molecule has 0 aromatic heterocycles. The second-order valence-corrected chi connectivity index (χ2v) is 4.60. The van der Waals surface area contributed by atoms with Crippen LogP contribution in [-0.4, -0.2) is 6.04 Å². The Morgan fingerprint density at radius 1 is 1.36 bits per heavy atom. The maximum atomic E-state index is 14.1. The van der Waals surface area contributed by atoms with E-state index in [1.54, 1.807) is 18.2 Å². The first kappa shape index (κ1) is 10.2. The molecule has 2 rings (SSSR count). The molecule has 0 radical (unpaired) electrons. The van der Waals surface area contributed by atoms with E-state index in [1.807, 2.05) is 0 Å². The van der Waals surface area contributed by atoms with Gasteiger partial charge in [-0.3, -0.25) is 0 Å². The quantitative estimate of drug-likeness (QED) is 0.792. The smallest absolute Gasteiger partial charge is 0.140 e. The van der Waals surface area contributed by atoms with Crippen molar-refractivity contribution in [3.05, 3.63) is 33.8 Å². The molecular formula is C10H10Cl2FN. The van der Waals surface area contributed by atoms with Crippen molar-refractivity contribution in [1.82, 2.24) is 0 Å². The van der Waals surface area contributed by atoms with E-state index in [1.165, 1.54) is 0 Å². The first-order chi connectivity index (χ1) is 6.51. The van der Waals surface area contributed by atoms with Gasteiger partial charge in [0, 0.05) is 34.5 Å². The molecule has 0 heterocycles. The fraction of sp³-hybridized carbons (Fsp3) is 0.400. The lowest BCUT2D eigenvalue weighted by Gasteiger charge is -2.40. The molecule has 1 aliphatic rings. The SMILES string of the molecule is NC1CC(F)(c2ccc(Cl)cc2Cl)C1. The Morgan fingerprint density at radius 3 is 2.50 bits per heavy atom. The molecule has 1 fully saturated rings. The van der Waals surface area contributed by atoms with Crippen LogP contribution in [0.15, 0.2) is 18.2 Å². The zero-order chi connectivity index (χ0) is 10.3. The fourth-order valence-corrected chi connectivity index (χ4v) is 2.42. The van der Waals surface area contributed by atoms with E-state index in [9.17, 15) is 4.39 Å². The molecule has 1 aromatic rings. The summed E-state index contributed by atoms with van der Waals surface area (Å²) in [6.45, 7) is 0. The Balaban J connectivity index is 2.33. The van der Waals surface area contributed by atoms with Crippen LogP contribution in [0, 0.1) is 0 Å². The molecule has 4 heteroatoms. The highest BCUT2D eigenvalue weighted by molar-refractivity contribution is 6.35. The monoisotopic (exact) mass is 233 g/mol. The van der Waals surface area contributed by atoms with Crippen molar-refractivity contribution in [1.29, 1.82) is 0 Å². The third-order valence-corrected chi connectivity index (χ3v) is 3.13. The van der Waals surface area contributed by atoms with Crippen LogP contribution in [0.5, 0.6) is 0 Å². The largest absolute Gasteiger partial charge is 0.327 e. The number of hydrogen-bond donors (Lipinski definition) is 1. The van der Waals surface area contributed by atoms with E-state index in [0.29, 0.717) is 28.5 Å². The highest BCUT2D eigenvalue weighted by Gasteiger charge is 2.45. The fourth-order valence-electron chi connectivity index (χ4n) is 1.84. The number of rotatable bonds is 1. The molecule has 0 unspecified atom stereocenters. The normalized spacial score (nSPS) is 31.3. The van der Waals surface area contributed by atoms with Crippen LogP contribution in [0.1, 0.15) is 18.4 Å². The Morgan fingerprint density at radius 2 is 2.00 bits per heavy atom. The average Bonchev–Trinajstić information content (AvgIpc) is 2.00. The molecule has 1 saturated carbocycles. The van der Waals surface area contributed by atoms with Crippen LogP contribution in [0.4, 0.5) is 4.39 Å². The first-order valence-corrected chi connectivity index (χ1v) is 5.17. The molecule has 0 amide bonds. The summed E-state index contributed by atoms with van der Waals surface area (Å²) in [6, 6.07) is 4.79. The molecule has 2 N–H and O–H groups in total. The maximum Gasteiger partial charge on any atom is 0.140 e. The number of nitrogens with two attached hydrogens (primary N) is 1. The lowest BCUT2D eigenvalue weighted by molar-refractivity contribution is 0.0407. The van der Waals surface area contributed by atoms with Crippen molar-refractivity contribution in [2.24, 2.45) is 5.73 Å². The summed E-state index contributed by atoms with van der Waals surface area (Å²) in [5.41, 5.74) is 4.72. The minimum atomic E-state index is -1.35. The predicted molar refractivity (Wildman–Crippen MR) is 56.5 cm³/mol. The van der Waals surface area contributed by atoms with Gasteiger partial charge in [0.1, 0.15) is 5.67 Å². The lowest BCUT2D eigenvalue weighted by atomic mass is 9.73. The third kappa shape index (κ3) is 1.62. The molecule has 0 bridgehead atoms. The minimum absolute atomic E-state index is 0.0493. The summed E-state index contributed by atoms with van der Waals surface area (Å²) in [7, 11) is 0. The van der Waals surface area contributed by atoms with Crippen LogP contribution >= 0.6 is 23.2 Å². The Bertz CT molecular complexity index is 361. The van der Waals surface area contributed by atoms with Gasteiger partial charge in [-0.15, -0.1) is 0 Å². The van der Waals surface area contributed by atoms with Gasteiger partial charge in [0.15, 0.2) is 0 Å². The van der Waals surface area contributed by atoms with E-state index >= 15 is 0 Å². The molecule has 0 spiro atoms. The summed E-state index contributed by atoms with van der Waals surface area (Å²) in [5, 5.41) is 0.901. The maximum absolute atomic E-state index is 14.1. The molecule has 1 aliphatic carbocycles. The second-order valence-electron chi connectivity index (χ2n) is 3.76. The van der Waals surface area contributed by atoms with Crippen LogP contribution in [0.25, 0.3) is 0 Å². The zero-order valence-electron chi connectivity index (χ0n) is 7.43. The van der Waals surface area contributed by atoms with Crippen molar-refractivity contribution in [2.75, 3.05) is 0 Å². The Labute approximate surface area is 92.0 Å². The number of alkyl halides is 1.